The molecule has 0 aliphatic rings. The number of hydrogen-bond donors (Lipinski definition) is 0. The van der Waals surface area contributed by atoms with E-state index >= 15 is 0 Å². The number of unbranched alkanes of at least 4 members (excludes halogenated alkanes) is 2. The molecule has 0 heterocycles. The molecule has 0 saturated carbocycles. The second-order valence-electron chi connectivity index (χ2n) is 2.40. The van der Waals surface area contributed by atoms with Crippen LogP contribution in [0.25, 0.3) is 0 Å². The van der Waals surface area contributed by atoms with Crippen molar-refractivity contribution in [2.24, 2.45) is 0 Å². The van der Waals surface area contributed by atoms with Gasteiger partial charge in [-0.3, -0.25) is 0 Å². The molecular formula is C9H15Br. The second-order valence-corrected chi connectivity index (χ2v) is 2.96. The van der Waals surface area contributed by atoms with E-state index in [0.717, 1.165) is 11.8 Å². The zero-order chi connectivity index (χ0) is 7.82. The molecule has 0 radical (unpaired) electrons. The predicted octanol–water partition coefficient (Wildman–Crippen LogP) is 3.68. The van der Waals surface area contributed by atoms with Crippen LogP contribution in [-0.4, -0.2) is 5.33 Å². The highest BCUT2D eigenvalue weighted by molar-refractivity contribution is 9.09. The number of halogens is 1. The summed E-state index contributed by atoms with van der Waals surface area (Å²) in [6.45, 7) is 5.81. The smallest absolute Gasteiger partial charge is 0.0239 e. The van der Waals surface area contributed by atoms with Crippen LogP contribution in [0.2, 0.25) is 0 Å². The molecular weight excluding hydrogens is 188 g/mol. The topological polar surface area (TPSA) is 0 Å². The minimum Gasteiger partial charge on any atom is -0.103 e. The first-order chi connectivity index (χ1) is 4.81. The molecule has 0 nitrogen and oxygen atoms in total. The summed E-state index contributed by atoms with van der Waals surface area (Å²) < 4.78 is 0. The summed E-state index contributed by atoms with van der Waals surface area (Å²) in [6.07, 6.45) is 7.79. The molecule has 0 aromatic heterocycles. The summed E-state index contributed by atoms with van der Waals surface area (Å²) in [6, 6.07) is 0. The van der Waals surface area contributed by atoms with Crippen LogP contribution in [0.5, 0.6) is 0 Å². The normalized spacial score (nSPS) is 11.6. The van der Waals surface area contributed by atoms with Gasteiger partial charge in [0.05, 0.1) is 0 Å². The molecule has 0 fully saturated rings. The number of alkyl halides is 1. The van der Waals surface area contributed by atoms with Crippen LogP contribution < -0.4 is 0 Å². The molecule has 0 aliphatic heterocycles. The van der Waals surface area contributed by atoms with E-state index in [-0.39, 0.29) is 0 Å². The first-order valence-corrected chi connectivity index (χ1v) is 4.76. The average Bonchev–Trinajstić information content (AvgIpc) is 1.98. The van der Waals surface area contributed by atoms with Crippen LogP contribution in [0.15, 0.2) is 24.3 Å². The molecule has 0 rings (SSSR count). The average molecular weight is 203 g/mol. The van der Waals surface area contributed by atoms with E-state index in [1.54, 1.807) is 0 Å². The summed E-state index contributed by atoms with van der Waals surface area (Å²) in [5, 5.41) is 1.00. The fourth-order valence-corrected chi connectivity index (χ4v) is 0.894. The second kappa shape index (κ2) is 7.07. The van der Waals surface area contributed by atoms with Crippen molar-refractivity contribution in [3.05, 3.63) is 24.3 Å². The molecule has 0 unspecified atom stereocenters. The van der Waals surface area contributed by atoms with Gasteiger partial charge >= 0.3 is 0 Å². The van der Waals surface area contributed by atoms with Gasteiger partial charge in [0.2, 0.25) is 0 Å². The summed E-state index contributed by atoms with van der Waals surface area (Å²) in [5.74, 6) is 0. The molecule has 0 aliphatic carbocycles. The molecule has 0 bridgehead atoms. The Kier molecular flexibility index (Phi) is 7.04. The molecule has 10 heavy (non-hydrogen) atoms. The summed E-state index contributed by atoms with van der Waals surface area (Å²) >= 11 is 3.40. The van der Waals surface area contributed by atoms with Gasteiger partial charge in [0, 0.05) is 5.33 Å². The van der Waals surface area contributed by atoms with Gasteiger partial charge in [-0.1, -0.05) is 33.7 Å². The molecule has 0 aromatic rings. The third-order valence-electron chi connectivity index (χ3n) is 1.32. The molecule has 0 atom stereocenters. The minimum atomic E-state index is 1.00. The Morgan fingerprint density at radius 3 is 2.70 bits per heavy atom. The van der Waals surface area contributed by atoms with Crippen molar-refractivity contribution in [1.29, 1.82) is 0 Å². The van der Waals surface area contributed by atoms with Crippen molar-refractivity contribution >= 4 is 15.9 Å². The van der Waals surface area contributed by atoms with Crippen LogP contribution in [0.3, 0.4) is 0 Å². The lowest BCUT2D eigenvalue weighted by atomic mass is 10.2. The predicted molar refractivity (Wildman–Crippen MR) is 51.6 cm³/mol. The zero-order valence-corrected chi connectivity index (χ0v) is 8.15. The van der Waals surface area contributed by atoms with E-state index in [0.29, 0.717) is 0 Å². The van der Waals surface area contributed by atoms with Gasteiger partial charge in [-0.2, -0.15) is 0 Å². The van der Waals surface area contributed by atoms with E-state index in [1.165, 1.54) is 18.4 Å². The van der Waals surface area contributed by atoms with Crippen molar-refractivity contribution < 1.29 is 0 Å². The Morgan fingerprint density at radius 2 is 2.20 bits per heavy atom. The fraction of sp³-hybridized carbons (Fsp3) is 0.556. The van der Waals surface area contributed by atoms with Gasteiger partial charge in [-0.15, -0.1) is 6.58 Å². The molecule has 0 spiro atoms. The summed E-state index contributed by atoms with van der Waals surface area (Å²) in [4.78, 5) is 0. The van der Waals surface area contributed by atoms with Gasteiger partial charge in [0.1, 0.15) is 0 Å². The quantitative estimate of drug-likeness (QED) is 0.363. The van der Waals surface area contributed by atoms with Crippen LogP contribution in [0.1, 0.15) is 26.2 Å². The van der Waals surface area contributed by atoms with Crippen LogP contribution in [-0.2, 0) is 0 Å². The van der Waals surface area contributed by atoms with Gasteiger partial charge in [0.15, 0.2) is 0 Å². The maximum atomic E-state index is 3.67. The van der Waals surface area contributed by atoms with E-state index in [9.17, 15) is 0 Å². The van der Waals surface area contributed by atoms with Gasteiger partial charge in [-0.25, -0.2) is 0 Å². The lowest BCUT2D eigenvalue weighted by molar-refractivity contribution is 0.864. The highest BCUT2D eigenvalue weighted by atomic mass is 79.9. The fourth-order valence-electron chi connectivity index (χ4n) is 0.665. The number of allylic oxidation sites excluding steroid dienone is 3. The van der Waals surface area contributed by atoms with E-state index in [1.807, 2.05) is 6.08 Å². The number of hydrogen-bond acceptors (Lipinski definition) is 0. The standard InChI is InChI=1S/C9H15Br/c1-3-4-5-6-7-9(2)8-10/h3,7H,1,4-6,8H2,2H3/b9-7+. The van der Waals surface area contributed by atoms with Gasteiger partial charge in [-0.05, 0) is 26.2 Å². The van der Waals surface area contributed by atoms with Crippen molar-refractivity contribution in [1.82, 2.24) is 0 Å². The minimum absolute atomic E-state index is 1.00. The van der Waals surface area contributed by atoms with E-state index in [4.69, 9.17) is 0 Å². The van der Waals surface area contributed by atoms with E-state index < -0.39 is 0 Å². The van der Waals surface area contributed by atoms with Gasteiger partial charge in [0.25, 0.3) is 0 Å². The molecule has 0 amide bonds. The maximum absolute atomic E-state index is 3.67. The first-order valence-electron chi connectivity index (χ1n) is 3.63. The summed E-state index contributed by atoms with van der Waals surface area (Å²) in [7, 11) is 0. The largest absolute Gasteiger partial charge is 0.103 e. The maximum Gasteiger partial charge on any atom is 0.0239 e. The molecule has 1 heteroatoms. The van der Waals surface area contributed by atoms with Gasteiger partial charge < -0.3 is 0 Å². The molecule has 0 aromatic carbocycles. The Bertz CT molecular complexity index is 114. The highest BCUT2D eigenvalue weighted by Crippen LogP contribution is 2.03. The Balaban J connectivity index is 3.24. The summed E-state index contributed by atoms with van der Waals surface area (Å²) in [5.41, 5.74) is 1.42. The Labute approximate surface area is 72.1 Å². The Hall–Kier alpha value is -0.0400. The zero-order valence-electron chi connectivity index (χ0n) is 6.57. The highest BCUT2D eigenvalue weighted by Gasteiger charge is 1.84. The Morgan fingerprint density at radius 1 is 1.50 bits per heavy atom. The third kappa shape index (κ3) is 6.09. The molecule has 0 N–H and O–H groups in total. The van der Waals surface area contributed by atoms with Crippen molar-refractivity contribution in [3.63, 3.8) is 0 Å². The van der Waals surface area contributed by atoms with Crippen molar-refractivity contribution in [2.45, 2.75) is 26.2 Å². The number of rotatable bonds is 5. The monoisotopic (exact) mass is 202 g/mol. The lowest BCUT2D eigenvalue weighted by Gasteiger charge is -1.93. The first kappa shape index (κ1) is 9.96. The van der Waals surface area contributed by atoms with Crippen LogP contribution in [0.4, 0.5) is 0 Å². The van der Waals surface area contributed by atoms with E-state index in [2.05, 4.69) is 35.5 Å². The molecule has 0 saturated heterocycles. The van der Waals surface area contributed by atoms with Crippen molar-refractivity contribution in [3.8, 4) is 0 Å². The van der Waals surface area contributed by atoms with Crippen LogP contribution >= 0.6 is 15.9 Å². The molecule has 58 valence electrons. The third-order valence-corrected chi connectivity index (χ3v) is 2.20. The van der Waals surface area contributed by atoms with Crippen LogP contribution in [0, 0.1) is 0 Å². The lowest BCUT2D eigenvalue weighted by Crippen LogP contribution is -1.76. The SMILES string of the molecule is C=CCCC/C=C(\C)CBr. The van der Waals surface area contributed by atoms with Crippen molar-refractivity contribution in [2.75, 3.05) is 5.33 Å².